The second-order valence-corrected chi connectivity index (χ2v) is 7.34. The smallest absolute Gasteiger partial charge is 0.0175 e. The lowest BCUT2D eigenvalue weighted by Gasteiger charge is -2.36. The molecule has 0 radical (unpaired) electrons. The highest BCUT2D eigenvalue weighted by Gasteiger charge is 2.26. The lowest BCUT2D eigenvalue weighted by Crippen LogP contribution is -2.38. The Labute approximate surface area is 131 Å². The Kier molecular flexibility index (Phi) is 6.06. The third-order valence-electron chi connectivity index (χ3n) is 4.38. The van der Waals surface area contributed by atoms with Crippen molar-refractivity contribution in [2.75, 3.05) is 26.2 Å². The van der Waals surface area contributed by atoms with Gasteiger partial charge in [-0.25, -0.2) is 0 Å². The van der Waals surface area contributed by atoms with Crippen LogP contribution in [0.15, 0.2) is 28.7 Å². The van der Waals surface area contributed by atoms with Crippen molar-refractivity contribution in [2.24, 2.45) is 17.6 Å². The number of nitrogens with two attached hydrogens (primary N) is 1. The van der Waals surface area contributed by atoms with Crippen molar-refractivity contribution in [3.63, 3.8) is 0 Å². The topological polar surface area (TPSA) is 29.3 Å². The number of hydrogen-bond acceptors (Lipinski definition) is 2. The summed E-state index contributed by atoms with van der Waals surface area (Å²) in [7, 11) is 0. The number of piperidine rings is 1. The molecule has 2 rings (SSSR count). The van der Waals surface area contributed by atoms with Crippen LogP contribution in [0.5, 0.6) is 0 Å². The predicted octanol–water partition coefficient (Wildman–Crippen LogP) is 3.86. The quantitative estimate of drug-likeness (QED) is 0.883. The fourth-order valence-electron chi connectivity index (χ4n) is 3.36. The maximum Gasteiger partial charge on any atom is 0.0175 e. The zero-order chi connectivity index (χ0) is 14.5. The molecule has 1 atom stereocenters. The van der Waals surface area contributed by atoms with E-state index in [0.29, 0.717) is 5.92 Å². The Hall–Kier alpha value is -0.380. The standard InChI is InChI=1S/C17H27BrN2/c1-13(2)12-20-9-7-15(8-10-20)17(11-19)14-3-5-16(18)6-4-14/h3-6,13,15,17H,7-12,19H2,1-2H3. The van der Waals surface area contributed by atoms with E-state index in [9.17, 15) is 0 Å². The van der Waals surface area contributed by atoms with Crippen molar-refractivity contribution >= 4 is 15.9 Å². The van der Waals surface area contributed by atoms with Crippen molar-refractivity contribution in [2.45, 2.75) is 32.6 Å². The minimum atomic E-state index is 0.518. The Morgan fingerprint density at radius 1 is 1.20 bits per heavy atom. The highest BCUT2D eigenvalue weighted by Crippen LogP contribution is 2.32. The van der Waals surface area contributed by atoms with Crippen LogP contribution in [-0.2, 0) is 0 Å². The number of benzene rings is 1. The molecule has 1 aliphatic heterocycles. The second-order valence-electron chi connectivity index (χ2n) is 6.43. The summed E-state index contributed by atoms with van der Waals surface area (Å²) in [5.74, 6) is 2.03. The van der Waals surface area contributed by atoms with Crippen molar-refractivity contribution < 1.29 is 0 Å². The fraction of sp³-hybridized carbons (Fsp3) is 0.647. The molecule has 1 heterocycles. The van der Waals surface area contributed by atoms with Gasteiger partial charge in [0.2, 0.25) is 0 Å². The van der Waals surface area contributed by atoms with Gasteiger partial charge in [-0.05, 0) is 67.9 Å². The summed E-state index contributed by atoms with van der Waals surface area (Å²) >= 11 is 3.51. The molecule has 2 nitrogen and oxygen atoms in total. The van der Waals surface area contributed by atoms with E-state index in [2.05, 4.69) is 58.9 Å². The molecule has 0 saturated carbocycles. The zero-order valence-electron chi connectivity index (χ0n) is 12.7. The van der Waals surface area contributed by atoms with Crippen molar-refractivity contribution in [1.29, 1.82) is 0 Å². The Morgan fingerprint density at radius 2 is 1.80 bits per heavy atom. The monoisotopic (exact) mass is 338 g/mol. The van der Waals surface area contributed by atoms with Crippen molar-refractivity contribution in [1.82, 2.24) is 4.90 Å². The van der Waals surface area contributed by atoms with Crippen LogP contribution < -0.4 is 5.73 Å². The van der Waals surface area contributed by atoms with Gasteiger partial charge in [-0.2, -0.15) is 0 Å². The molecule has 1 fully saturated rings. The summed E-state index contributed by atoms with van der Waals surface area (Å²) in [6.45, 7) is 9.06. The lowest BCUT2D eigenvalue weighted by molar-refractivity contribution is 0.155. The minimum Gasteiger partial charge on any atom is -0.330 e. The molecule has 2 N–H and O–H groups in total. The minimum absolute atomic E-state index is 0.518. The molecular weight excluding hydrogens is 312 g/mol. The predicted molar refractivity (Wildman–Crippen MR) is 89.9 cm³/mol. The van der Waals surface area contributed by atoms with E-state index in [1.807, 2.05) is 0 Å². The van der Waals surface area contributed by atoms with E-state index in [-0.39, 0.29) is 0 Å². The molecule has 0 aliphatic carbocycles. The van der Waals surface area contributed by atoms with Crippen molar-refractivity contribution in [3.8, 4) is 0 Å². The third-order valence-corrected chi connectivity index (χ3v) is 4.91. The van der Waals surface area contributed by atoms with Crippen LogP contribution in [0.4, 0.5) is 0 Å². The van der Waals surface area contributed by atoms with E-state index in [1.54, 1.807) is 0 Å². The fourth-order valence-corrected chi connectivity index (χ4v) is 3.63. The zero-order valence-corrected chi connectivity index (χ0v) is 14.3. The van der Waals surface area contributed by atoms with Crippen LogP contribution in [-0.4, -0.2) is 31.1 Å². The molecule has 20 heavy (non-hydrogen) atoms. The van der Waals surface area contributed by atoms with Gasteiger partial charge in [-0.1, -0.05) is 41.9 Å². The van der Waals surface area contributed by atoms with Gasteiger partial charge in [0.1, 0.15) is 0 Å². The first kappa shape index (κ1) is 16.0. The normalized spacial score (nSPS) is 19.4. The Bertz CT molecular complexity index is 394. The van der Waals surface area contributed by atoms with Crippen LogP contribution >= 0.6 is 15.9 Å². The van der Waals surface area contributed by atoms with Gasteiger partial charge in [0.05, 0.1) is 0 Å². The van der Waals surface area contributed by atoms with E-state index in [1.165, 1.54) is 38.0 Å². The van der Waals surface area contributed by atoms with Crippen LogP contribution in [0, 0.1) is 11.8 Å². The van der Waals surface area contributed by atoms with Gasteiger partial charge in [0.15, 0.2) is 0 Å². The highest BCUT2D eigenvalue weighted by atomic mass is 79.9. The number of halogens is 1. The number of hydrogen-bond donors (Lipinski definition) is 1. The SMILES string of the molecule is CC(C)CN1CCC(C(CN)c2ccc(Br)cc2)CC1. The number of rotatable bonds is 5. The maximum atomic E-state index is 6.06. The lowest BCUT2D eigenvalue weighted by atomic mass is 9.80. The summed E-state index contributed by atoms with van der Waals surface area (Å²) in [5, 5.41) is 0. The summed E-state index contributed by atoms with van der Waals surface area (Å²) in [6.07, 6.45) is 2.56. The number of nitrogens with zero attached hydrogens (tertiary/aromatic N) is 1. The van der Waals surface area contributed by atoms with Gasteiger partial charge in [0.25, 0.3) is 0 Å². The van der Waals surface area contributed by atoms with Crippen LogP contribution in [0.25, 0.3) is 0 Å². The number of likely N-dealkylation sites (tertiary alicyclic amines) is 1. The average molecular weight is 339 g/mol. The molecule has 1 aliphatic rings. The summed E-state index contributed by atoms with van der Waals surface area (Å²) in [5.41, 5.74) is 7.46. The summed E-state index contributed by atoms with van der Waals surface area (Å²) in [6, 6.07) is 8.71. The molecule has 0 aromatic heterocycles. The summed E-state index contributed by atoms with van der Waals surface area (Å²) in [4.78, 5) is 2.61. The van der Waals surface area contributed by atoms with Gasteiger partial charge in [0, 0.05) is 11.0 Å². The second kappa shape index (κ2) is 7.58. The first-order valence-corrected chi connectivity index (χ1v) is 8.57. The molecular formula is C17H27BrN2. The van der Waals surface area contributed by atoms with E-state index >= 15 is 0 Å². The first-order chi connectivity index (χ1) is 9.60. The van der Waals surface area contributed by atoms with E-state index in [4.69, 9.17) is 5.73 Å². The molecule has 1 aromatic rings. The molecule has 1 saturated heterocycles. The average Bonchev–Trinajstić information content (AvgIpc) is 2.43. The molecule has 0 amide bonds. The Morgan fingerprint density at radius 3 is 2.30 bits per heavy atom. The highest BCUT2D eigenvalue weighted by molar-refractivity contribution is 9.10. The molecule has 1 unspecified atom stereocenters. The summed E-state index contributed by atoms with van der Waals surface area (Å²) < 4.78 is 1.14. The molecule has 1 aromatic carbocycles. The van der Waals surface area contributed by atoms with Crippen LogP contribution in [0.2, 0.25) is 0 Å². The largest absolute Gasteiger partial charge is 0.330 e. The van der Waals surface area contributed by atoms with Crippen molar-refractivity contribution in [3.05, 3.63) is 34.3 Å². The van der Waals surface area contributed by atoms with E-state index < -0.39 is 0 Å². The van der Waals surface area contributed by atoms with Crippen LogP contribution in [0.3, 0.4) is 0 Å². The Balaban J connectivity index is 1.95. The van der Waals surface area contributed by atoms with Gasteiger partial charge < -0.3 is 10.6 Å². The maximum absolute atomic E-state index is 6.06. The molecule has 112 valence electrons. The van der Waals surface area contributed by atoms with Gasteiger partial charge in [-0.3, -0.25) is 0 Å². The molecule has 0 bridgehead atoms. The molecule has 3 heteroatoms. The third kappa shape index (κ3) is 4.31. The van der Waals surface area contributed by atoms with E-state index in [0.717, 1.165) is 22.9 Å². The first-order valence-electron chi connectivity index (χ1n) is 7.78. The van der Waals surface area contributed by atoms with Crippen LogP contribution in [0.1, 0.15) is 38.2 Å². The molecule has 0 spiro atoms. The van der Waals surface area contributed by atoms with Gasteiger partial charge in [-0.15, -0.1) is 0 Å². The van der Waals surface area contributed by atoms with Gasteiger partial charge >= 0.3 is 0 Å².